The van der Waals surface area contributed by atoms with Gasteiger partial charge in [0.05, 0.1) is 5.52 Å². The van der Waals surface area contributed by atoms with E-state index in [2.05, 4.69) is 10.3 Å². The van der Waals surface area contributed by atoms with E-state index < -0.39 is 0 Å². The molecule has 100 valence electrons. The second-order valence-corrected chi connectivity index (χ2v) is 5.43. The normalized spacial score (nSPS) is 16.8. The van der Waals surface area contributed by atoms with Gasteiger partial charge >= 0.3 is 0 Å². The van der Waals surface area contributed by atoms with Crippen molar-refractivity contribution in [3.8, 4) is 0 Å². The zero-order valence-corrected chi connectivity index (χ0v) is 11.1. The van der Waals surface area contributed by atoms with Gasteiger partial charge < -0.3 is 0 Å². The Kier molecular flexibility index (Phi) is 3.58. The summed E-state index contributed by atoms with van der Waals surface area (Å²) < 4.78 is 1.46. The Morgan fingerprint density at radius 1 is 1.21 bits per heavy atom. The van der Waals surface area contributed by atoms with Crippen molar-refractivity contribution in [3.05, 3.63) is 24.3 Å². The zero-order chi connectivity index (χ0) is 13.1. The molecule has 4 nitrogen and oxygen atoms in total. The molecule has 1 aliphatic rings. The molecule has 1 heterocycles. The number of aromatic nitrogens is 3. The average Bonchev–Trinajstić information content (AvgIpc) is 2.90. The first-order valence-electron chi connectivity index (χ1n) is 7.18. The summed E-state index contributed by atoms with van der Waals surface area (Å²) in [5.41, 5.74) is 1.60. The predicted octanol–water partition coefficient (Wildman–Crippen LogP) is 3.43. The summed E-state index contributed by atoms with van der Waals surface area (Å²) in [4.78, 5) is 12.2. The molecule has 1 aromatic heterocycles. The third-order valence-electron chi connectivity index (χ3n) is 4.08. The molecule has 0 unspecified atom stereocenters. The molecule has 0 saturated heterocycles. The molecule has 0 radical (unpaired) electrons. The van der Waals surface area contributed by atoms with Crippen LogP contribution in [0.5, 0.6) is 0 Å². The first-order chi connectivity index (χ1) is 9.34. The van der Waals surface area contributed by atoms with Crippen LogP contribution in [-0.2, 0) is 0 Å². The second kappa shape index (κ2) is 5.51. The lowest BCUT2D eigenvalue weighted by molar-refractivity contribution is 0.0877. The maximum atomic E-state index is 12.2. The summed E-state index contributed by atoms with van der Waals surface area (Å²) in [5, 5.41) is 8.00. The Morgan fingerprint density at radius 2 is 2.00 bits per heavy atom. The van der Waals surface area contributed by atoms with Crippen molar-refractivity contribution in [3.63, 3.8) is 0 Å². The average molecular weight is 257 g/mol. The number of fused-ring (bicyclic) bond motifs is 1. The van der Waals surface area contributed by atoms with Crippen molar-refractivity contribution < 1.29 is 4.79 Å². The maximum Gasteiger partial charge on any atom is 0.248 e. The third-order valence-corrected chi connectivity index (χ3v) is 4.08. The van der Waals surface area contributed by atoms with E-state index in [1.807, 2.05) is 24.3 Å². The molecule has 1 fully saturated rings. The SMILES string of the molecule is O=C(CCC1CCCCC1)n1nnc2ccccc21. The number of carbonyl (C=O) groups excluding carboxylic acids is 1. The Labute approximate surface area is 112 Å². The molecule has 0 bridgehead atoms. The van der Waals surface area contributed by atoms with E-state index in [4.69, 9.17) is 0 Å². The highest BCUT2D eigenvalue weighted by Crippen LogP contribution is 2.27. The van der Waals surface area contributed by atoms with E-state index >= 15 is 0 Å². The molecule has 19 heavy (non-hydrogen) atoms. The van der Waals surface area contributed by atoms with Crippen LogP contribution in [0.3, 0.4) is 0 Å². The number of hydrogen-bond acceptors (Lipinski definition) is 3. The van der Waals surface area contributed by atoms with Gasteiger partial charge in [0.1, 0.15) is 5.52 Å². The fourth-order valence-corrected chi connectivity index (χ4v) is 2.96. The van der Waals surface area contributed by atoms with Crippen molar-refractivity contribution in [2.75, 3.05) is 0 Å². The van der Waals surface area contributed by atoms with Crippen LogP contribution < -0.4 is 0 Å². The molecular weight excluding hydrogens is 238 g/mol. The Morgan fingerprint density at radius 3 is 2.84 bits per heavy atom. The molecule has 4 heteroatoms. The summed E-state index contributed by atoms with van der Waals surface area (Å²) in [7, 11) is 0. The molecule has 2 aromatic rings. The van der Waals surface area contributed by atoms with E-state index in [-0.39, 0.29) is 5.91 Å². The highest BCUT2D eigenvalue weighted by Gasteiger charge is 2.17. The van der Waals surface area contributed by atoms with Gasteiger partial charge in [-0.1, -0.05) is 49.5 Å². The number of carbonyl (C=O) groups is 1. The smallest absolute Gasteiger partial charge is 0.248 e. The van der Waals surface area contributed by atoms with Crippen molar-refractivity contribution >= 4 is 16.9 Å². The topological polar surface area (TPSA) is 47.8 Å². The second-order valence-electron chi connectivity index (χ2n) is 5.43. The number of para-hydroxylation sites is 1. The van der Waals surface area contributed by atoms with Crippen molar-refractivity contribution in [1.29, 1.82) is 0 Å². The summed E-state index contributed by atoms with van der Waals surface area (Å²) in [6, 6.07) is 7.60. The molecule has 1 aliphatic carbocycles. The van der Waals surface area contributed by atoms with Crippen molar-refractivity contribution in [2.24, 2.45) is 5.92 Å². The van der Waals surface area contributed by atoms with Gasteiger partial charge in [-0.05, 0) is 24.5 Å². The van der Waals surface area contributed by atoms with E-state index in [0.29, 0.717) is 6.42 Å². The van der Waals surface area contributed by atoms with Crippen molar-refractivity contribution in [2.45, 2.75) is 44.9 Å². The summed E-state index contributed by atoms with van der Waals surface area (Å²) >= 11 is 0. The molecule has 1 saturated carbocycles. The molecule has 0 N–H and O–H groups in total. The fourth-order valence-electron chi connectivity index (χ4n) is 2.96. The van der Waals surface area contributed by atoms with Crippen LogP contribution in [0.2, 0.25) is 0 Å². The zero-order valence-electron chi connectivity index (χ0n) is 11.1. The van der Waals surface area contributed by atoms with E-state index in [9.17, 15) is 4.79 Å². The Bertz CT molecular complexity index is 570. The minimum absolute atomic E-state index is 0.0688. The maximum absolute atomic E-state index is 12.2. The van der Waals surface area contributed by atoms with E-state index in [1.165, 1.54) is 36.8 Å². The molecule has 0 aliphatic heterocycles. The highest BCUT2D eigenvalue weighted by atomic mass is 16.2. The Balaban J connectivity index is 1.66. The lowest BCUT2D eigenvalue weighted by Gasteiger charge is -2.20. The lowest BCUT2D eigenvalue weighted by Crippen LogP contribution is -2.15. The third kappa shape index (κ3) is 2.67. The number of benzene rings is 1. The van der Waals surface area contributed by atoms with Gasteiger partial charge in [0, 0.05) is 6.42 Å². The van der Waals surface area contributed by atoms with Crippen LogP contribution in [0.15, 0.2) is 24.3 Å². The molecule has 0 amide bonds. The van der Waals surface area contributed by atoms with Crippen LogP contribution in [0.4, 0.5) is 0 Å². The number of nitrogens with zero attached hydrogens (tertiary/aromatic N) is 3. The molecule has 3 rings (SSSR count). The first kappa shape index (κ1) is 12.3. The van der Waals surface area contributed by atoms with Gasteiger partial charge in [0.25, 0.3) is 0 Å². The van der Waals surface area contributed by atoms with Crippen LogP contribution in [-0.4, -0.2) is 20.9 Å². The van der Waals surface area contributed by atoms with Crippen LogP contribution in [0.1, 0.15) is 49.7 Å². The van der Waals surface area contributed by atoms with Crippen LogP contribution in [0.25, 0.3) is 11.0 Å². The van der Waals surface area contributed by atoms with E-state index in [0.717, 1.165) is 23.4 Å². The van der Waals surface area contributed by atoms with Gasteiger partial charge in [0.2, 0.25) is 5.91 Å². The predicted molar refractivity (Wildman–Crippen MR) is 74.0 cm³/mol. The fraction of sp³-hybridized carbons (Fsp3) is 0.533. The quantitative estimate of drug-likeness (QED) is 0.846. The summed E-state index contributed by atoms with van der Waals surface area (Å²) in [6.45, 7) is 0. The van der Waals surface area contributed by atoms with Gasteiger partial charge in [-0.2, -0.15) is 4.68 Å². The lowest BCUT2D eigenvalue weighted by atomic mass is 9.86. The first-order valence-corrected chi connectivity index (χ1v) is 7.18. The molecule has 1 aromatic carbocycles. The number of hydrogen-bond donors (Lipinski definition) is 0. The standard InChI is InChI=1S/C15H19N3O/c19-15(11-10-12-6-2-1-3-7-12)18-14-9-5-4-8-13(14)16-17-18/h4-5,8-9,12H,1-3,6-7,10-11H2. The number of rotatable bonds is 3. The van der Waals surface area contributed by atoms with Gasteiger partial charge in [-0.3, -0.25) is 4.79 Å². The monoisotopic (exact) mass is 257 g/mol. The summed E-state index contributed by atoms with van der Waals surface area (Å²) in [5.74, 6) is 0.798. The van der Waals surface area contributed by atoms with E-state index in [1.54, 1.807) is 0 Å². The highest BCUT2D eigenvalue weighted by molar-refractivity contribution is 5.88. The van der Waals surface area contributed by atoms with Gasteiger partial charge in [-0.25, -0.2) is 0 Å². The molecular formula is C15H19N3O. The largest absolute Gasteiger partial charge is 0.273 e. The summed E-state index contributed by atoms with van der Waals surface area (Å²) in [6.07, 6.45) is 8.15. The molecule has 0 atom stereocenters. The van der Waals surface area contributed by atoms with Gasteiger partial charge in [0.15, 0.2) is 0 Å². The molecule has 0 spiro atoms. The van der Waals surface area contributed by atoms with Crippen molar-refractivity contribution in [1.82, 2.24) is 15.0 Å². The minimum atomic E-state index is 0.0688. The minimum Gasteiger partial charge on any atom is -0.273 e. The Hall–Kier alpha value is -1.71. The van der Waals surface area contributed by atoms with Gasteiger partial charge in [-0.15, -0.1) is 5.10 Å². The van der Waals surface area contributed by atoms with Crippen LogP contribution >= 0.6 is 0 Å². The van der Waals surface area contributed by atoms with Crippen LogP contribution in [0, 0.1) is 5.92 Å².